The van der Waals surface area contributed by atoms with Gasteiger partial charge in [0, 0.05) is 43.0 Å². The predicted molar refractivity (Wildman–Crippen MR) is 133 cm³/mol. The highest BCUT2D eigenvalue weighted by Crippen LogP contribution is 2.36. The van der Waals surface area contributed by atoms with Gasteiger partial charge in [0.15, 0.2) is 11.5 Å². The van der Waals surface area contributed by atoms with Gasteiger partial charge in [-0.15, -0.1) is 0 Å². The Kier molecular flexibility index (Phi) is 5.78. The topological polar surface area (TPSA) is 131 Å². The summed E-state index contributed by atoms with van der Waals surface area (Å²) in [4.78, 5) is 19.2. The molecule has 0 aliphatic carbocycles. The van der Waals surface area contributed by atoms with Crippen LogP contribution in [0.3, 0.4) is 0 Å². The van der Waals surface area contributed by atoms with Crippen molar-refractivity contribution in [2.45, 2.75) is 32.4 Å². The summed E-state index contributed by atoms with van der Waals surface area (Å²) in [7, 11) is 1.85. The molecule has 0 radical (unpaired) electrons. The van der Waals surface area contributed by atoms with Gasteiger partial charge in [-0.2, -0.15) is 10.4 Å². The Hall–Kier alpha value is -4.10. The molecule has 180 valence electrons. The summed E-state index contributed by atoms with van der Waals surface area (Å²) in [5.74, 6) is 1.49. The third-order valence-corrected chi connectivity index (χ3v) is 6.76. The van der Waals surface area contributed by atoms with Gasteiger partial charge < -0.3 is 26.0 Å². The van der Waals surface area contributed by atoms with Crippen LogP contribution in [0.5, 0.6) is 0 Å². The highest BCUT2D eigenvalue weighted by atomic mass is 16.3. The number of nitrogens with one attached hydrogen (secondary N) is 3. The number of nitriles is 1. The molecule has 2 fully saturated rings. The fourth-order valence-corrected chi connectivity index (χ4v) is 4.98. The van der Waals surface area contributed by atoms with Gasteiger partial charge in [-0.25, -0.2) is 9.67 Å². The number of amides is 1. The summed E-state index contributed by atoms with van der Waals surface area (Å²) in [5, 5.41) is 33.4. The molecule has 2 aliphatic rings. The van der Waals surface area contributed by atoms with Crippen LogP contribution in [0.1, 0.15) is 36.4 Å². The van der Waals surface area contributed by atoms with E-state index in [1.807, 2.05) is 38.2 Å². The minimum Gasteiger partial charge on any atom is -0.389 e. The summed E-state index contributed by atoms with van der Waals surface area (Å²) in [6, 6.07) is 13.3. The number of aromatic nitrogens is 3. The molecule has 2 aromatic heterocycles. The second-order valence-corrected chi connectivity index (χ2v) is 9.02. The number of carbonyl (C=O) groups is 1. The van der Waals surface area contributed by atoms with E-state index in [-0.39, 0.29) is 17.6 Å². The van der Waals surface area contributed by atoms with Crippen molar-refractivity contribution in [3.8, 4) is 11.9 Å². The molecule has 3 atom stereocenters. The highest BCUT2D eigenvalue weighted by molar-refractivity contribution is 5.89. The number of aryl methyl sites for hydroxylation is 1. The third-order valence-electron chi connectivity index (χ3n) is 6.76. The van der Waals surface area contributed by atoms with Gasteiger partial charge in [0.25, 0.3) is 0 Å². The third kappa shape index (κ3) is 4.04. The molecular weight excluding hydrogens is 444 g/mol. The standard InChI is InChI=1S/C25H28N8O2/c1-14-10-17(12-26)31-33(14)24-19(15(2)34)5-7-22(30-24)29-20-6-4-18(11-21(20)27-3)32-9-8-16-13-28-25(35)23(16)32/h4-7,10-11,15-16,23,27,34H,8-9,13H2,1-3H3,(H,28,35)(H,29,30)/t15?,16-,23-/m0/s1. The molecule has 0 saturated carbocycles. The van der Waals surface area contributed by atoms with Crippen molar-refractivity contribution < 1.29 is 9.90 Å². The number of fused-ring (bicyclic) bond motifs is 1. The molecule has 35 heavy (non-hydrogen) atoms. The molecule has 4 N–H and O–H groups in total. The Balaban J connectivity index is 1.46. The quantitative estimate of drug-likeness (QED) is 0.431. The van der Waals surface area contributed by atoms with Crippen molar-refractivity contribution in [2.75, 3.05) is 35.7 Å². The van der Waals surface area contributed by atoms with Gasteiger partial charge in [-0.3, -0.25) is 4.79 Å². The maximum Gasteiger partial charge on any atom is 0.243 e. The molecule has 2 aliphatic heterocycles. The molecule has 0 bridgehead atoms. The first-order chi connectivity index (χ1) is 16.9. The lowest BCUT2D eigenvalue weighted by atomic mass is 10.0. The number of rotatable bonds is 6. The van der Waals surface area contributed by atoms with Crippen molar-refractivity contribution >= 4 is 28.8 Å². The summed E-state index contributed by atoms with van der Waals surface area (Å²) >= 11 is 0. The number of aliphatic hydroxyl groups excluding tert-OH is 1. The fourth-order valence-electron chi connectivity index (χ4n) is 4.98. The Labute approximate surface area is 203 Å². The molecule has 1 amide bonds. The van der Waals surface area contributed by atoms with Crippen LogP contribution in [0.25, 0.3) is 5.82 Å². The van der Waals surface area contributed by atoms with E-state index in [2.05, 4.69) is 25.9 Å². The van der Waals surface area contributed by atoms with Gasteiger partial charge >= 0.3 is 0 Å². The molecule has 3 aromatic rings. The van der Waals surface area contributed by atoms with Crippen LogP contribution < -0.4 is 20.9 Å². The zero-order valence-electron chi connectivity index (χ0n) is 19.9. The van der Waals surface area contributed by atoms with Crippen LogP contribution in [0, 0.1) is 24.2 Å². The average Bonchev–Trinajstić information content (AvgIpc) is 3.55. The van der Waals surface area contributed by atoms with Crippen molar-refractivity contribution in [3.05, 3.63) is 53.3 Å². The van der Waals surface area contributed by atoms with Gasteiger partial charge in [-0.1, -0.05) is 0 Å². The Bertz CT molecular complexity index is 1330. The first-order valence-electron chi connectivity index (χ1n) is 11.7. The normalized spacial score (nSPS) is 19.7. The van der Waals surface area contributed by atoms with Crippen LogP contribution in [0.15, 0.2) is 36.4 Å². The van der Waals surface area contributed by atoms with E-state index in [0.717, 1.165) is 42.3 Å². The van der Waals surface area contributed by atoms with Gasteiger partial charge in [-0.05, 0) is 56.7 Å². The smallest absolute Gasteiger partial charge is 0.243 e. The Morgan fingerprint density at radius 2 is 2.09 bits per heavy atom. The van der Waals surface area contributed by atoms with E-state index in [0.29, 0.717) is 23.1 Å². The van der Waals surface area contributed by atoms with E-state index < -0.39 is 6.10 Å². The van der Waals surface area contributed by atoms with Crippen LogP contribution >= 0.6 is 0 Å². The summed E-state index contributed by atoms with van der Waals surface area (Å²) in [6.07, 6.45) is 0.242. The lowest BCUT2D eigenvalue weighted by Gasteiger charge is -2.25. The minimum absolute atomic E-state index is 0.101. The van der Waals surface area contributed by atoms with E-state index >= 15 is 0 Å². The second kappa shape index (κ2) is 8.92. The lowest BCUT2D eigenvalue weighted by Crippen LogP contribution is -2.38. The zero-order valence-corrected chi connectivity index (χ0v) is 19.9. The van der Waals surface area contributed by atoms with Gasteiger partial charge in [0.05, 0.1) is 17.5 Å². The molecular formula is C25H28N8O2. The molecule has 0 spiro atoms. The highest BCUT2D eigenvalue weighted by Gasteiger charge is 2.43. The van der Waals surface area contributed by atoms with Crippen LogP contribution in [0.4, 0.5) is 22.9 Å². The Morgan fingerprint density at radius 3 is 2.80 bits per heavy atom. The molecule has 4 heterocycles. The van der Waals surface area contributed by atoms with Crippen molar-refractivity contribution in [3.63, 3.8) is 0 Å². The summed E-state index contributed by atoms with van der Waals surface area (Å²) < 4.78 is 1.57. The first kappa shape index (κ1) is 22.7. The van der Waals surface area contributed by atoms with Crippen LogP contribution in [0.2, 0.25) is 0 Å². The van der Waals surface area contributed by atoms with E-state index in [1.165, 1.54) is 0 Å². The second-order valence-electron chi connectivity index (χ2n) is 9.02. The van der Waals surface area contributed by atoms with Crippen molar-refractivity contribution in [1.29, 1.82) is 5.26 Å². The Morgan fingerprint density at radius 1 is 1.26 bits per heavy atom. The maximum atomic E-state index is 12.3. The van der Waals surface area contributed by atoms with E-state index in [4.69, 9.17) is 4.98 Å². The molecule has 10 heteroatoms. The van der Waals surface area contributed by atoms with Crippen molar-refractivity contribution in [2.24, 2.45) is 5.92 Å². The monoisotopic (exact) mass is 472 g/mol. The molecule has 1 aromatic carbocycles. The number of benzene rings is 1. The van der Waals surface area contributed by atoms with Crippen molar-refractivity contribution in [1.82, 2.24) is 20.1 Å². The van der Waals surface area contributed by atoms with E-state index in [1.54, 1.807) is 29.8 Å². The number of aliphatic hydroxyl groups is 1. The molecule has 1 unspecified atom stereocenters. The SMILES string of the molecule is CNc1cc(N2CC[C@H]3CNC(=O)[C@H]32)ccc1Nc1ccc(C(C)O)c(-n2nc(C#N)cc2C)n1. The van der Waals surface area contributed by atoms with Crippen LogP contribution in [-0.2, 0) is 4.79 Å². The largest absolute Gasteiger partial charge is 0.389 e. The number of carbonyl (C=O) groups excluding carboxylic acids is 1. The van der Waals surface area contributed by atoms with E-state index in [9.17, 15) is 15.2 Å². The fraction of sp³-hybridized carbons (Fsp3) is 0.360. The molecule has 2 saturated heterocycles. The minimum atomic E-state index is -0.759. The first-order valence-corrected chi connectivity index (χ1v) is 11.7. The average molecular weight is 473 g/mol. The number of hydrogen-bond donors (Lipinski definition) is 4. The predicted octanol–water partition coefficient (Wildman–Crippen LogP) is 2.61. The molecule has 10 nitrogen and oxygen atoms in total. The number of nitrogens with zero attached hydrogens (tertiary/aromatic N) is 5. The zero-order chi connectivity index (χ0) is 24.7. The summed E-state index contributed by atoms with van der Waals surface area (Å²) in [5.41, 5.74) is 4.32. The maximum absolute atomic E-state index is 12.3. The lowest BCUT2D eigenvalue weighted by molar-refractivity contribution is -0.120. The van der Waals surface area contributed by atoms with Gasteiger partial charge in [0.2, 0.25) is 5.91 Å². The van der Waals surface area contributed by atoms with Gasteiger partial charge in [0.1, 0.15) is 17.9 Å². The molecule has 5 rings (SSSR count). The number of pyridine rings is 1. The van der Waals surface area contributed by atoms with Crippen LogP contribution in [-0.4, -0.2) is 52.0 Å². The number of anilines is 4. The summed E-state index contributed by atoms with van der Waals surface area (Å²) in [6.45, 7) is 5.12. The number of hydrogen-bond acceptors (Lipinski definition) is 8.